The number of hydrogen-bond donors (Lipinski definition) is 0. The summed E-state index contributed by atoms with van der Waals surface area (Å²) in [4.78, 5) is 2.46. The summed E-state index contributed by atoms with van der Waals surface area (Å²) >= 11 is 0. The number of rotatable bonds is 7. The lowest BCUT2D eigenvalue weighted by Gasteiger charge is -2.31. The largest absolute Gasteiger partial charge is 0.456 e. The summed E-state index contributed by atoms with van der Waals surface area (Å²) in [5.41, 5.74) is 14.6. The summed E-state index contributed by atoms with van der Waals surface area (Å²) in [5.74, 6) is 0. The van der Waals surface area contributed by atoms with Crippen LogP contribution in [0.2, 0.25) is 0 Å². The van der Waals surface area contributed by atoms with E-state index in [9.17, 15) is 0 Å². The van der Waals surface area contributed by atoms with Crippen LogP contribution in [-0.4, -0.2) is 0 Å². The van der Waals surface area contributed by atoms with E-state index >= 15 is 0 Å². The van der Waals surface area contributed by atoms with Crippen molar-refractivity contribution >= 4 is 71.3 Å². The molecule has 12 aromatic rings. The summed E-state index contributed by atoms with van der Waals surface area (Å²) in [7, 11) is 0. The lowest BCUT2D eigenvalue weighted by molar-refractivity contribution is 0.669. The molecular formula is C60H39NO. The Balaban J connectivity index is 1.03. The molecule has 2 nitrogen and oxygen atoms in total. The minimum Gasteiger partial charge on any atom is -0.456 e. The van der Waals surface area contributed by atoms with Crippen molar-refractivity contribution in [3.8, 4) is 44.5 Å². The van der Waals surface area contributed by atoms with Gasteiger partial charge in [-0.1, -0.05) is 200 Å². The Bertz CT molecular complexity index is 3600. The van der Waals surface area contributed by atoms with Crippen molar-refractivity contribution in [2.75, 3.05) is 4.90 Å². The van der Waals surface area contributed by atoms with Crippen LogP contribution in [-0.2, 0) is 0 Å². The molecule has 0 radical (unpaired) electrons. The standard InChI is InChI=1S/C60H39NO/c1-2-15-45(16-3-1)58-53-21-8-6-19-51(53)52-20-7-9-22-54(52)60(58)61(47-38-34-44(35-39-47)50-25-13-27-57-59(50)55-23-10-11-26-56(55)62-57)46-36-32-41(33-37-46)40-28-30-43(31-29-40)49-24-12-17-42-14-4-5-18-48(42)49/h1-39H. The lowest BCUT2D eigenvalue weighted by atomic mass is 9.90. The molecule has 11 aromatic carbocycles. The molecule has 0 saturated heterocycles. The van der Waals surface area contributed by atoms with Crippen molar-refractivity contribution in [2.24, 2.45) is 0 Å². The molecular weight excluding hydrogens is 751 g/mol. The minimum atomic E-state index is 0.896. The van der Waals surface area contributed by atoms with E-state index in [0.717, 1.165) is 50.1 Å². The van der Waals surface area contributed by atoms with Crippen LogP contribution in [0, 0.1) is 0 Å². The number of anilines is 3. The maximum Gasteiger partial charge on any atom is 0.136 e. The summed E-state index contributed by atoms with van der Waals surface area (Å²) in [6.07, 6.45) is 0. The second-order valence-corrected chi connectivity index (χ2v) is 16.0. The van der Waals surface area contributed by atoms with Gasteiger partial charge >= 0.3 is 0 Å². The molecule has 2 heteroatoms. The molecule has 1 aromatic heterocycles. The van der Waals surface area contributed by atoms with Crippen molar-refractivity contribution < 1.29 is 4.42 Å². The molecule has 1 heterocycles. The molecule has 12 rings (SSSR count). The number of benzene rings is 11. The van der Waals surface area contributed by atoms with Crippen LogP contribution in [0.25, 0.3) is 98.8 Å². The zero-order valence-corrected chi connectivity index (χ0v) is 33.9. The fourth-order valence-corrected chi connectivity index (χ4v) is 9.59. The third-order valence-corrected chi connectivity index (χ3v) is 12.5. The summed E-state index contributed by atoms with van der Waals surface area (Å²) in [5, 5.41) is 9.66. The molecule has 0 unspecified atom stereocenters. The van der Waals surface area contributed by atoms with Crippen LogP contribution >= 0.6 is 0 Å². The molecule has 0 aliphatic rings. The molecule has 0 bridgehead atoms. The van der Waals surface area contributed by atoms with Crippen LogP contribution in [0.3, 0.4) is 0 Å². The topological polar surface area (TPSA) is 16.4 Å². The van der Waals surface area contributed by atoms with E-state index in [1.54, 1.807) is 0 Å². The van der Waals surface area contributed by atoms with Gasteiger partial charge in [0.1, 0.15) is 11.2 Å². The average Bonchev–Trinajstić information content (AvgIpc) is 3.74. The van der Waals surface area contributed by atoms with Crippen LogP contribution < -0.4 is 4.90 Å². The van der Waals surface area contributed by atoms with E-state index in [-0.39, 0.29) is 0 Å². The highest BCUT2D eigenvalue weighted by atomic mass is 16.3. The summed E-state index contributed by atoms with van der Waals surface area (Å²) < 4.78 is 6.30. The molecule has 0 atom stereocenters. The molecule has 0 amide bonds. The number of nitrogens with zero attached hydrogens (tertiary/aromatic N) is 1. The van der Waals surface area contributed by atoms with Gasteiger partial charge in [0.15, 0.2) is 0 Å². The highest BCUT2D eigenvalue weighted by Crippen LogP contribution is 2.50. The Morgan fingerprint density at radius 1 is 0.274 bits per heavy atom. The van der Waals surface area contributed by atoms with Crippen LogP contribution in [0.1, 0.15) is 0 Å². The fraction of sp³-hybridized carbons (Fsp3) is 0. The van der Waals surface area contributed by atoms with E-state index in [2.05, 4.69) is 229 Å². The van der Waals surface area contributed by atoms with E-state index < -0.39 is 0 Å². The van der Waals surface area contributed by atoms with Gasteiger partial charge in [0.25, 0.3) is 0 Å². The van der Waals surface area contributed by atoms with E-state index in [1.165, 1.54) is 65.7 Å². The first kappa shape index (κ1) is 35.7. The quantitative estimate of drug-likeness (QED) is 0.150. The fourth-order valence-electron chi connectivity index (χ4n) is 9.59. The normalized spacial score (nSPS) is 11.5. The van der Waals surface area contributed by atoms with Gasteiger partial charge in [0, 0.05) is 33.1 Å². The van der Waals surface area contributed by atoms with Gasteiger partial charge in [0.2, 0.25) is 0 Å². The van der Waals surface area contributed by atoms with Crippen molar-refractivity contribution in [2.45, 2.75) is 0 Å². The first-order valence-corrected chi connectivity index (χ1v) is 21.3. The molecule has 0 spiro atoms. The Labute approximate surface area is 360 Å². The molecule has 0 saturated carbocycles. The Morgan fingerprint density at radius 2 is 0.742 bits per heavy atom. The lowest BCUT2D eigenvalue weighted by Crippen LogP contribution is -2.12. The maximum atomic E-state index is 6.30. The number of hydrogen-bond acceptors (Lipinski definition) is 2. The van der Waals surface area contributed by atoms with Gasteiger partial charge in [-0.2, -0.15) is 0 Å². The minimum absolute atomic E-state index is 0.896. The van der Waals surface area contributed by atoms with Gasteiger partial charge in [-0.05, 0) is 102 Å². The Kier molecular flexibility index (Phi) is 8.53. The van der Waals surface area contributed by atoms with E-state index in [0.29, 0.717) is 0 Å². The second kappa shape index (κ2) is 14.8. The molecule has 0 aliphatic heterocycles. The monoisotopic (exact) mass is 789 g/mol. The number of para-hydroxylation sites is 1. The van der Waals surface area contributed by atoms with Crippen LogP contribution in [0.15, 0.2) is 241 Å². The highest BCUT2D eigenvalue weighted by Gasteiger charge is 2.24. The molecule has 0 aliphatic carbocycles. The molecule has 0 fully saturated rings. The molecule has 290 valence electrons. The second-order valence-electron chi connectivity index (χ2n) is 16.0. The zero-order valence-electron chi connectivity index (χ0n) is 33.9. The van der Waals surface area contributed by atoms with E-state index in [1.807, 2.05) is 12.1 Å². The smallest absolute Gasteiger partial charge is 0.136 e. The molecule has 0 N–H and O–H groups in total. The third-order valence-electron chi connectivity index (χ3n) is 12.5. The first-order valence-electron chi connectivity index (χ1n) is 21.3. The molecule has 62 heavy (non-hydrogen) atoms. The average molecular weight is 790 g/mol. The van der Waals surface area contributed by atoms with Crippen molar-refractivity contribution in [3.05, 3.63) is 237 Å². The first-order chi connectivity index (χ1) is 30.8. The highest BCUT2D eigenvalue weighted by molar-refractivity contribution is 6.22. The predicted molar refractivity (Wildman–Crippen MR) is 263 cm³/mol. The SMILES string of the molecule is c1ccc(-c2c(N(c3ccc(-c4ccc(-c5cccc6ccccc56)cc4)cc3)c3ccc(-c4cccc5oc6ccccc6c45)cc3)c3ccccc3c3ccccc23)cc1. The van der Waals surface area contributed by atoms with Gasteiger partial charge < -0.3 is 9.32 Å². The van der Waals surface area contributed by atoms with Crippen molar-refractivity contribution in [1.29, 1.82) is 0 Å². The Morgan fingerprint density at radius 3 is 1.47 bits per heavy atom. The van der Waals surface area contributed by atoms with E-state index in [4.69, 9.17) is 4.42 Å². The van der Waals surface area contributed by atoms with Gasteiger partial charge in [0.05, 0.1) is 5.69 Å². The zero-order chi connectivity index (χ0) is 41.0. The summed E-state index contributed by atoms with van der Waals surface area (Å²) in [6, 6.07) is 85.5. The van der Waals surface area contributed by atoms with Crippen LogP contribution in [0.5, 0.6) is 0 Å². The Hall–Kier alpha value is -8.20. The van der Waals surface area contributed by atoms with Gasteiger partial charge in [-0.25, -0.2) is 0 Å². The van der Waals surface area contributed by atoms with Crippen molar-refractivity contribution in [1.82, 2.24) is 0 Å². The van der Waals surface area contributed by atoms with Gasteiger partial charge in [-0.3, -0.25) is 0 Å². The maximum absolute atomic E-state index is 6.30. The van der Waals surface area contributed by atoms with Crippen molar-refractivity contribution in [3.63, 3.8) is 0 Å². The van der Waals surface area contributed by atoms with Crippen LogP contribution in [0.4, 0.5) is 17.1 Å². The van der Waals surface area contributed by atoms with Gasteiger partial charge in [-0.15, -0.1) is 0 Å². The number of furan rings is 1. The number of fused-ring (bicyclic) bond motifs is 7. The summed E-state index contributed by atoms with van der Waals surface area (Å²) in [6.45, 7) is 0. The predicted octanol–water partition coefficient (Wildman–Crippen LogP) is 17.2. The third kappa shape index (κ3) is 5.96.